The van der Waals surface area contributed by atoms with Crippen LogP contribution in [0.15, 0.2) is 0 Å². The monoisotopic (exact) mass is 188 g/mol. The molecule has 0 aromatic carbocycles. The first-order valence-electron chi connectivity index (χ1n) is 4.21. The number of rotatable bonds is 5. The zero-order chi connectivity index (χ0) is 10.4. The molecule has 0 aliphatic rings. The summed E-state index contributed by atoms with van der Waals surface area (Å²) < 4.78 is 0. The topological polar surface area (TPSA) is 83.6 Å². The fourth-order valence-electron chi connectivity index (χ4n) is 0.831. The van der Waals surface area contributed by atoms with Gasteiger partial charge in [-0.2, -0.15) is 0 Å². The Morgan fingerprint density at radius 3 is 2.46 bits per heavy atom. The lowest BCUT2D eigenvalue weighted by Gasteiger charge is -2.19. The summed E-state index contributed by atoms with van der Waals surface area (Å²) >= 11 is 0. The van der Waals surface area contributed by atoms with Gasteiger partial charge in [-0.25, -0.2) is 0 Å². The maximum Gasteiger partial charge on any atom is 0.305 e. The molecule has 76 valence electrons. The molecule has 0 saturated carbocycles. The maximum atomic E-state index is 11.3. The van der Waals surface area contributed by atoms with Gasteiger partial charge < -0.3 is 15.7 Å². The molecule has 0 heterocycles. The molecule has 0 aliphatic heterocycles. The average Bonchev–Trinajstić information content (AvgIpc) is 2.11. The summed E-state index contributed by atoms with van der Waals surface area (Å²) in [6, 6.07) is -0.515. The Morgan fingerprint density at radius 1 is 1.54 bits per heavy atom. The zero-order valence-corrected chi connectivity index (χ0v) is 7.99. The van der Waals surface area contributed by atoms with Crippen LogP contribution >= 0.6 is 0 Å². The second-order valence-corrected chi connectivity index (χ2v) is 2.92. The molecule has 0 bridgehead atoms. The van der Waals surface area contributed by atoms with E-state index in [2.05, 4.69) is 0 Å². The number of amides is 1. The second-order valence-electron chi connectivity index (χ2n) is 2.92. The van der Waals surface area contributed by atoms with E-state index in [4.69, 9.17) is 10.8 Å². The van der Waals surface area contributed by atoms with E-state index < -0.39 is 12.0 Å². The van der Waals surface area contributed by atoms with Gasteiger partial charge in [0.05, 0.1) is 12.5 Å². The second kappa shape index (κ2) is 5.53. The van der Waals surface area contributed by atoms with Crippen LogP contribution in [0.25, 0.3) is 0 Å². The SMILES string of the molecule is CC[C@H](N)C(=O)N(C)CCC(=O)O. The van der Waals surface area contributed by atoms with Gasteiger partial charge in [0.15, 0.2) is 0 Å². The molecule has 0 fully saturated rings. The van der Waals surface area contributed by atoms with Crippen molar-refractivity contribution in [1.29, 1.82) is 0 Å². The summed E-state index contributed by atoms with van der Waals surface area (Å²) in [5.41, 5.74) is 5.49. The van der Waals surface area contributed by atoms with Crippen molar-refractivity contribution >= 4 is 11.9 Å². The molecular weight excluding hydrogens is 172 g/mol. The van der Waals surface area contributed by atoms with Crippen LogP contribution in [0.2, 0.25) is 0 Å². The van der Waals surface area contributed by atoms with Gasteiger partial charge in [0.25, 0.3) is 0 Å². The number of carbonyl (C=O) groups excluding carboxylic acids is 1. The highest BCUT2D eigenvalue weighted by molar-refractivity contribution is 5.81. The molecule has 5 heteroatoms. The Kier molecular flexibility index (Phi) is 5.06. The molecule has 0 spiro atoms. The highest BCUT2D eigenvalue weighted by atomic mass is 16.4. The summed E-state index contributed by atoms with van der Waals surface area (Å²) in [6.45, 7) is 2.02. The molecule has 0 saturated heterocycles. The molecule has 0 radical (unpaired) electrons. The first kappa shape index (κ1) is 11.9. The van der Waals surface area contributed by atoms with Gasteiger partial charge in [-0.05, 0) is 6.42 Å². The van der Waals surface area contributed by atoms with Gasteiger partial charge in [0.2, 0.25) is 5.91 Å². The Labute approximate surface area is 77.5 Å². The lowest BCUT2D eigenvalue weighted by atomic mass is 10.2. The van der Waals surface area contributed by atoms with Crippen molar-refractivity contribution < 1.29 is 14.7 Å². The fraction of sp³-hybridized carbons (Fsp3) is 0.750. The van der Waals surface area contributed by atoms with Gasteiger partial charge in [-0.3, -0.25) is 9.59 Å². The van der Waals surface area contributed by atoms with E-state index in [1.807, 2.05) is 6.92 Å². The number of nitrogens with zero attached hydrogens (tertiary/aromatic N) is 1. The van der Waals surface area contributed by atoms with Crippen molar-refractivity contribution in [3.05, 3.63) is 0 Å². The Hall–Kier alpha value is -1.10. The van der Waals surface area contributed by atoms with Gasteiger partial charge >= 0.3 is 5.97 Å². The summed E-state index contributed by atoms with van der Waals surface area (Å²) in [4.78, 5) is 22.8. The highest BCUT2D eigenvalue weighted by Crippen LogP contribution is 1.95. The van der Waals surface area contributed by atoms with E-state index in [-0.39, 0.29) is 18.9 Å². The van der Waals surface area contributed by atoms with Crippen molar-refractivity contribution in [3.63, 3.8) is 0 Å². The van der Waals surface area contributed by atoms with Crippen molar-refractivity contribution in [2.75, 3.05) is 13.6 Å². The van der Waals surface area contributed by atoms with Crippen molar-refractivity contribution in [3.8, 4) is 0 Å². The zero-order valence-electron chi connectivity index (χ0n) is 7.99. The number of carbonyl (C=O) groups is 2. The smallest absolute Gasteiger partial charge is 0.305 e. The van der Waals surface area contributed by atoms with Gasteiger partial charge in [-0.1, -0.05) is 6.92 Å². The first-order valence-corrected chi connectivity index (χ1v) is 4.21. The summed E-state index contributed by atoms with van der Waals surface area (Å²) in [5.74, 6) is -1.12. The third-order valence-electron chi connectivity index (χ3n) is 1.79. The van der Waals surface area contributed by atoms with E-state index in [1.54, 1.807) is 7.05 Å². The molecule has 0 rings (SSSR count). The quantitative estimate of drug-likeness (QED) is 0.618. The van der Waals surface area contributed by atoms with Crippen molar-refractivity contribution in [2.45, 2.75) is 25.8 Å². The van der Waals surface area contributed by atoms with E-state index in [0.717, 1.165) is 0 Å². The van der Waals surface area contributed by atoms with Gasteiger partial charge in [-0.15, -0.1) is 0 Å². The van der Waals surface area contributed by atoms with Crippen molar-refractivity contribution in [2.24, 2.45) is 5.73 Å². The first-order chi connectivity index (χ1) is 5.99. The number of carboxylic acid groups (broad SMARTS) is 1. The predicted octanol–water partition coefficient (Wildman–Crippen LogP) is -0.343. The molecule has 0 unspecified atom stereocenters. The van der Waals surface area contributed by atoms with Crippen molar-refractivity contribution in [1.82, 2.24) is 4.90 Å². The van der Waals surface area contributed by atoms with Crippen LogP contribution in [0.3, 0.4) is 0 Å². The van der Waals surface area contributed by atoms with Crippen LogP contribution in [0, 0.1) is 0 Å². The van der Waals surface area contributed by atoms with Crippen LogP contribution in [0.5, 0.6) is 0 Å². The molecule has 5 nitrogen and oxygen atoms in total. The van der Waals surface area contributed by atoms with E-state index in [0.29, 0.717) is 6.42 Å². The fourth-order valence-corrected chi connectivity index (χ4v) is 0.831. The minimum Gasteiger partial charge on any atom is -0.481 e. The minimum atomic E-state index is -0.912. The molecule has 0 aromatic heterocycles. The summed E-state index contributed by atoms with van der Waals surface area (Å²) in [5, 5.41) is 8.37. The number of hydrogen-bond acceptors (Lipinski definition) is 3. The number of likely N-dealkylation sites (N-methyl/N-ethyl adjacent to an activating group) is 1. The summed E-state index contributed by atoms with van der Waals surface area (Å²) in [7, 11) is 1.56. The average molecular weight is 188 g/mol. The normalized spacial score (nSPS) is 12.2. The van der Waals surface area contributed by atoms with Gasteiger partial charge in [0, 0.05) is 13.6 Å². The number of carboxylic acids is 1. The third-order valence-corrected chi connectivity index (χ3v) is 1.79. The van der Waals surface area contributed by atoms with Crippen LogP contribution in [0.4, 0.5) is 0 Å². The lowest BCUT2D eigenvalue weighted by Crippen LogP contribution is -2.42. The Bertz CT molecular complexity index is 194. The molecule has 1 amide bonds. The standard InChI is InChI=1S/C8H16N2O3/c1-3-6(9)8(13)10(2)5-4-7(11)12/h6H,3-5,9H2,1-2H3,(H,11,12)/t6-/m0/s1. The van der Waals surface area contributed by atoms with Crippen LogP contribution in [0.1, 0.15) is 19.8 Å². The largest absolute Gasteiger partial charge is 0.481 e. The molecular formula is C8H16N2O3. The van der Waals surface area contributed by atoms with Crippen LogP contribution < -0.4 is 5.73 Å². The van der Waals surface area contributed by atoms with E-state index in [1.165, 1.54) is 4.90 Å². The molecule has 0 aromatic rings. The Balaban J connectivity index is 3.89. The molecule has 0 aliphatic carbocycles. The van der Waals surface area contributed by atoms with Gasteiger partial charge in [0.1, 0.15) is 0 Å². The number of aliphatic carboxylic acids is 1. The third kappa shape index (κ3) is 4.47. The number of hydrogen-bond donors (Lipinski definition) is 2. The van der Waals surface area contributed by atoms with Crippen LogP contribution in [-0.4, -0.2) is 41.5 Å². The molecule has 3 N–H and O–H groups in total. The summed E-state index contributed by atoms with van der Waals surface area (Å²) in [6.07, 6.45) is 0.523. The maximum absolute atomic E-state index is 11.3. The predicted molar refractivity (Wildman–Crippen MR) is 48.2 cm³/mol. The molecule has 13 heavy (non-hydrogen) atoms. The number of nitrogens with two attached hydrogens (primary N) is 1. The molecule has 1 atom stereocenters. The minimum absolute atomic E-state index is 0.0430. The van der Waals surface area contributed by atoms with E-state index >= 15 is 0 Å². The van der Waals surface area contributed by atoms with E-state index in [9.17, 15) is 9.59 Å². The van der Waals surface area contributed by atoms with Crippen LogP contribution in [-0.2, 0) is 9.59 Å². The highest BCUT2D eigenvalue weighted by Gasteiger charge is 2.16. The Morgan fingerprint density at radius 2 is 2.08 bits per heavy atom. The lowest BCUT2D eigenvalue weighted by molar-refractivity contribution is -0.138.